The van der Waals surface area contributed by atoms with E-state index in [-0.39, 0.29) is 12.8 Å². The van der Waals surface area contributed by atoms with Gasteiger partial charge in [0.15, 0.2) is 5.41 Å². The number of esters is 1. The van der Waals surface area contributed by atoms with E-state index in [2.05, 4.69) is 15.0 Å². The molecule has 4 rings (SSSR count). The quantitative estimate of drug-likeness (QED) is 0.245. The molecule has 0 aliphatic carbocycles. The molecule has 194 valence electrons. The number of hydrogen-bond donors (Lipinski definition) is 1. The minimum Gasteiger partial charge on any atom is -0.480 e. The van der Waals surface area contributed by atoms with E-state index < -0.39 is 17.4 Å². The van der Waals surface area contributed by atoms with Gasteiger partial charge in [-0.05, 0) is 55.7 Å². The number of aromatic nitrogens is 2. The number of rotatable bonds is 9. The largest absolute Gasteiger partial charge is 0.480 e. The highest BCUT2D eigenvalue weighted by Gasteiger charge is 2.49. The fraction of sp³-hybridized carbons (Fsp3) is 0.357. The molecule has 2 aromatic carbocycles. The maximum absolute atomic E-state index is 12.1. The number of hydrogen-bond acceptors (Lipinski definition) is 8. The number of nitrogens with zero attached hydrogens (tertiary/aromatic N) is 3. The van der Waals surface area contributed by atoms with Crippen LogP contribution in [-0.2, 0) is 20.9 Å². The first-order valence-electron chi connectivity index (χ1n) is 12.3. The van der Waals surface area contributed by atoms with Gasteiger partial charge in [-0.25, -0.2) is 0 Å². The normalized spacial score (nSPS) is 15.8. The Morgan fingerprint density at radius 3 is 2.30 bits per heavy atom. The van der Waals surface area contributed by atoms with Crippen LogP contribution in [-0.4, -0.2) is 52.3 Å². The van der Waals surface area contributed by atoms with Crippen molar-refractivity contribution in [1.82, 2.24) is 15.0 Å². The Morgan fingerprint density at radius 1 is 1.08 bits per heavy atom. The molecule has 0 atom stereocenters. The molecule has 0 radical (unpaired) electrons. The van der Waals surface area contributed by atoms with Gasteiger partial charge < -0.3 is 19.1 Å². The van der Waals surface area contributed by atoms with Crippen LogP contribution in [0.4, 0.5) is 0 Å². The highest BCUT2D eigenvalue weighted by atomic mass is 16.5. The lowest BCUT2D eigenvalue weighted by molar-refractivity contribution is -0.170. The summed E-state index contributed by atoms with van der Waals surface area (Å²) in [5.41, 5.74) is 1.24. The van der Waals surface area contributed by atoms with Crippen molar-refractivity contribution in [2.75, 3.05) is 20.2 Å². The van der Waals surface area contributed by atoms with Gasteiger partial charge in [-0.2, -0.15) is 4.98 Å². The van der Waals surface area contributed by atoms with Gasteiger partial charge in [-0.3, -0.25) is 14.5 Å². The minimum atomic E-state index is -1.45. The van der Waals surface area contributed by atoms with Crippen molar-refractivity contribution in [3.05, 3.63) is 65.9 Å². The van der Waals surface area contributed by atoms with E-state index in [4.69, 9.17) is 14.0 Å². The molecule has 1 aliphatic rings. The van der Waals surface area contributed by atoms with Crippen molar-refractivity contribution in [2.45, 2.75) is 39.7 Å². The van der Waals surface area contributed by atoms with E-state index in [1.165, 1.54) is 7.11 Å². The van der Waals surface area contributed by atoms with E-state index >= 15 is 0 Å². The predicted octanol–water partition coefficient (Wildman–Crippen LogP) is 4.94. The van der Waals surface area contributed by atoms with Crippen molar-refractivity contribution in [3.8, 4) is 28.6 Å². The molecule has 9 heteroatoms. The molecule has 0 saturated carbocycles. The molecule has 1 aromatic heterocycles. The van der Waals surface area contributed by atoms with Crippen LogP contribution in [0.15, 0.2) is 64.9 Å². The summed E-state index contributed by atoms with van der Waals surface area (Å²) in [6.45, 7) is 5.63. The van der Waals surface area contributed by atoms with Gasteiger partial charge in [-0.15, -0.1) is 0 Å². The first kappa shape index (κ1) is 26.1. The molecule has 37 heavy (non-hydrogen) atoms. The second-order valence-electron chi connectivity index (χ2n) is 9.01. The molecule has 0 bridgehead atoms. The summed E-state index contributed by atoms with van der Waals surface area (Å²) < 4.78 is 16.1. The lowest BCUT2D eigenvalue weighted by Crippen LogP contribution is -2.49. The van der Waals surface area contributed by atoms with E-state index in [1.807, 2.05) is 68.5 Å². The van der Waals surface area contributed by atoms with Crippen LogP contribution in [0.1, 0.15) is 38.7 Å². The summed E-state index contributed by atoms with van der Waals surface area (Å²) in [7, 11) is 1.23. The number of carbonyl (C=O) groups excluding carboxylic acids is 1. The van der Waals surface area contributed by atoms with Gasteiger partial charge in [-0.1, -0.05) is 36.3 Å². The van der Waals surface area contributed by atoms with Crippen molar-refractivity contribution < 1.29 is 28.7 Å². The number of methoxy groups -OCH3 is 1. The third-order valence-electron chi connectivity index (χ3n) is 6.76. The van der Waals surface area contributed by atoms with E-state index in [0.717, 1.165) is 34.6 Å². The van der Waals surface area contributed by atoms with Crippen LogP contribution in [0.25, 0.3) is 22.8 Å². The summed E-state index contributed by atoms with van der Waals surface area (Å²) >= 11 is 0. The standard InChI is InChI=1S/C28H31N3O6/c1-4-22(5-2)36-23-12-10-21(11-13-23)25-29-24(30-37-25)20-8-6-19(7-9-20)18-31-16-14-28(15-17-31,26(32)33)27(34)35-3/h4,6-13H,5,14-18H2,1-3H3,(H,32,33). The van der Waals surface area contributed by atoms with Crippen molar-refractivity contribution >= 4 is 11.9 Å². The molecule has 3 aromatic rings. The van der Waals surface area contributed by atoms with Crippen LogP contribution in [0.2, 0.25) is 0 Å². The summed E-state index contributed by atoms with van der Waals surface area (Å²) in [5.74, 6) is 0.783. The molecule has 2 heterocycles. The lowest BCUT2D eigenvalue weighted by Gasteiger charge is -2.36. The molecule has 1 saturated heterocycles. The fourth-order valence-corrected chi connectivity index (χ4v) is 4.42. The van der Waals surface area contributed by atoms with Crippen LogP contribution in [0.5, 0.6) is 5.75 Å². The smallest absolute Gasteiger partial charge is 0.323 e. The van der Waals surface area contributed by atoms with Crippen LogP contribution >= 0.6 is 0 Å². The Bertz CT molecular complexity index is 1260. The first-order chi connectivity index (χ1) is 17.9. The number of allylic oxidation sites excluding steroid dienone is 2. The number of aliphatic carboxylic acids is 1. The number of carboxylic acids is 1. The topological polar surface area (TPSA) is 115 Å². The number of carbonyl (C=O) groups is 2. The monoisotopic (exact) mass is 505 g/mol. The summed E-state index contributed by atoms with van der Waals surface area (Å²) in [4.78, 5) is 30.5. The second kappa shape index (κ2) is 11.4. The zero-order valence-corrected chi connectivity index (χ0v) is 21.3. The van der Waals surface area contributed by atoms with E-state index in [0.29, 0.717) is 31.3 Å². The van der Waals surface area contributed by atoms with Gasteiger partial charge in [0.2, 0.25) is 5.82 Å². The Hall–Kier alpha value is -3.98. The second-order valence-corrected chi connectivity index (χ2v) is 9.01. The van der Waals surface area contributed by atoms with Crippen molar-refractivity contribution in [2.24, 2.45) is 5.41 Å². The number of benzene rings is 2. The van der Waals surface area contributed by atoms with Gasteiger partial charge in [0.25, 0.3) is 5.89 Å². The summed E-state index contributed by atoms with van der Waals surface area (Å²) in [6.07, 6.45) is 3.22. The zero-order chi connectivity index (χ0) is 26.4. The number of carboxylic acid groups (broad SMARTS) is 1. The van der Waals surface area contributed by atoms with Gasteiger partial charge in [0.05, 0.1) is 12.9 Å². The van der Waals surface area contributed by atoms with Gasteiger partial charge in [0, 0.05) is 37.2 Å². The predicted molar refractivity (Wildman–Crippen MR) is 136 cm³/mol. The number of ether oxygens (including phenoxy) is 2. The Balaban J connectivity index is 1.37. The third kappa shape index (κ3) is 5.72. The Labute approximate surface area is 215 Å². The maximum atomic E-state index is 12.1. The van der Waals surface area contributed by atoms with Gasteiger partial charge in [0.1, 0.15) is 5.75 Å². The first-order valence-corrected chi connectivity index (χ1v) is 12.3. The van der Waals surface area contributed by atoms with Crippen LogP contribution in [0.3, 0.4) is 0 Å². The molecule has 0 amide bonds. The summed E-state index contributed by atoms with van der Waals surface area (Å²) in [6, 6.07) is 15.4. The van der Waals surface area contributed by atoms with Crippen LogP contribution in [0, 0.1) is 5.41 Å². The third-order valence-corrected chi connectivity index (χ3v) is 6.76. The number of likely N-dealkylation sites (tertiary alicyclic amines) is 1. The van der Waals surface area contributed by atoms with Crippen LogP contribution < -0.4 is 4.74 Å². The SMILES string of the molecule is CC=C(CC)Oc1ccc(-c2nc(-c3ccc(CN4CCC(C(=O)O)(C(=O)OC)CC4)cc3)no2)cc1. The zero-order valence-electron chi connectivity index (χ0n) is 21.3. The molecule has 1 fully saturated rings. The molecule has 0 unspecified atom stereocenters. The Kier molecular flexibility index (Phi) is 8.03. The molecule has 9 nitrogen and oxygen atoms in total. The Morgan fingerprint density at radius 2 is 1.73 bits per heavy atom. The minimum absolute atomic E-state index is 0.223. The average Bonchev–Trinajstić information content (AvgIpc) is 3.43. The van der Waals surface area contributed by atoms with E-state index in [1.54, 1.807) is 0 Å². The van der Waals surface area contributed by atoms with Crippen molar-refractivity contribution in [1.29, 1.82) is 0 Å². The molecular weight excluding hydrogens is 474 g/mol. The van der Waals surface area contributed by atoms with Crippen molar-refractivity contribution in [3.63, 3.8) is 0 Å². The summed E-state index contributed by atoms with van der Waals surface area (Å²) in [5, 5.41) is 13.7. The fourth-order valence-electron chi connectivity index (χ4n) is 4.42. The molecule has 1 N–H and O–H groups in total. The highest BCUT2D eigenvalue weighted by Crippen LogP contribution is 2.34. The van der Waals surface area contributed by atoms with E-state index in [9.17, 15) is 14.7 Å². The average molecular weight is 506 g/mol. The lowest BCUT2D eigenvalue weighted by atomic mass is 9.78. The maximum Gasteiger partial charge on any atom is 0.323 e. The number of piperidine rings is 1. The van der Waals surface area contributed by atoms with Gasteiger partial charge >= 0.3 is 11.9 Å². The molecular formula is C28H31N3O6. The molecule has 0 spiro atoms. The highest BCUT2D eigenvalue weighted by molar-refractivity contribution is 5.99. The molecule has 1 aliphatic heterocycles.